The maximum absolute atomic E-state index is 12.8. The van der Waals surface area contributed by atoms with Crippen LogP contribution in [-0.4, -0.2) is 77.2 Å². The molecule has 3 aromatic heterocycles. The highest BCUT2D eigenvalue weighted by Gasteiger charge is 2.25. The summed E-state index contributed by atoms with van der Waals surface area (Å²) in [4.78, 5) is 30.4. The molecule has 4 rings (SSSR count). The molecule has 0 spiro atoms. The van der Waals surface area contributed by atoms with Gasteiger partial charge < -0.3 is 25.0 Å². The average molecular weight is 527 g/mol. The number of aryl methyl sites for hydroxylation is 1. The van der Waals surface area contributed by atoms with E-state index >= 15 is 0 Å². The van der Waals surface area contributed by atoms with Crippen LogP contribution in [-0.2, 0) is 23.1 Å². The number of anilines is 3. The zero-order valence-corrected chi connectivity index (χ0v) is 22.0. The molecule has 3 N–H and O–H groups in total. The monoisotopic (exact) mass is 526 g/mol. The topological polar surface area (TPSA) is 169 Å². The van der Waals surface area contributed by atoms with Crippen molar-refractivity contribution < 1.29 is 29.3 Å². The van der Waals surface area contributed by atoms with Crippen molar-refractivity contribution in [3.05, 3.63) is 35.5 Å². The molecule has 1 amide bonds. The van der Waals surface area contributed by atoms with Crippen molar-refractivity contribution in [2.24, 2.45) is 7.05 Å². The molecule has 0 aliphatic heterocycles. The number of hydrogen-bond donors (Lipinski definition) is 3. The van der Waals surface area contributed by atoms with E-state index in [9.17, 15) is 19.8 Å². The van der Waals surface area contributed by atoms with Gasteiger partial charge in [0.15, 0.2) is 5.65 Å². The predicted molar refractivity (Wildman–Crippen MR) is 138 cm³/mol. The van der Waals surface area contributed by atoms with Crippen LogP contribution in [0.15, 0.2) is 24.4 Å². The second-order valence-electron chi connectivity index (χ2n) is 9.85. The number of aromatic nitrogens is 6. The normalized spacial score (nSPS) is 12.6. The van der Waals surface area contributed by atoms with E-state index in [-0.39, 0.29) is 36.1 Å². The van der Waals surface area contributed by atoms with Crippen molar-refractivity contribution in [1.29, 1.82) is 0 Å². The highest BCUT2D eigenvalue weighted by atomic mass is 16.6. The smallest absolute Gasteiger partial charge is 0.415 e. The van der Waals surface area contributed by atoms with Gasteiger partial charge in [-0.25, -0.2) is 19.3 Å². The number of fused-ring (bicyclic) bond motifs is 2. The number of aliphatic hydroxyl groups excluding tert-OH is 1. The number of amides is 1. The Balaban J connectivity index is 1.79. The Bertz CT molecular complexity index is 1500. The van der Waals surface area contributed by atoms with Crippen molar-refractivity contribution in [3.8, 4) is 0 Å². The summed E-state index contributed by atoms with van der Waals surface area (Å²) >= 11 is 0. The molecular weight excluding hydrogens is 496 g/mol. The maximum Gasteiger partial charge on any atom is 0.415 e. The fourth-order valence-corrected chi connectivity index (χ4v) is 3.68. The molecule has 38 heavy (non-hydrogen) atoms. The number of benzene rings is 1. The Morgan fingerprint density at radius 2 is 1.97 bits per heavy atom. The van der Waals surface area contributed by atoms with Crippen LogP contribution in [0.5, 0.6) is 0 Å². The Morgan fingerprint density at radius 3 is 2.63 bits per heavy atom. The molecule has 0 aliphatic carbocycles. The van der Waals surface area contributed by atoms with Crippen molar-refractivity contribution in [2.45, 2.75) is 46.0 Å². The molecule has 0 aliphatic rings. The number of carboxylic acid groups (broad SMARTS) is 1. The fourth-order valence-electron chi connectivity index (χ4n) is 3.68. The van der Waals surface area contributed by atoms with Crippen molar-refractivity contribution >= 4 is 46.1 Å². The summed E-state index contributed by atoms with van der Waals surface area (Å²) in [6.07, 6.45) is -0.0935. The molecule has 1 atom stereocenters. The summed E-state index contributed by atoms with van der Waals surface area (Å²) in [5.74, 6) is -0.755. The molecule has 0 bridgehead atoms. The number of carbonyl (C=O) groups excluding carboxylic acids is 1. The van der Waals surface area contributed by atoms with E-state index in [0.717, 1.165) is 5.56 Å². The zero-order chi connectivity index (χ0) is 27.8. The summed E-state index contributed by atoms with van der Waals surface area (Å²) in [5, 5.41) is 34.8. The minimum absolute atomic E-state index is 0.0275. The van der Waals surface area contributed by atoms with Gasteiger partial charge in [0, 0.05) is 20.2 Å². The van der Waals surface area contributed by atoms with Gasteiger partial charge in [-0.15, -0.1) is 5.10 Å². The van der Waals surface area contributed by atoms with Gasteiger partial charge in [0.25, 0.3) is 0 Å². The van der Waals surface area contributed by atoms with E-state index in [1.807, 2.05) is 6.07 Å². The molecule has 1 unspecified atom stereocenters. The second kappa shape index (κ2) is 10.2. The number of aliphatic hydroxyl groups is 1. The molecule has 1 aromatic carbocycles. The first-order valence-electron chi connectivity index (χ1n) is 11.8. The highest BCUT2D eigenvalue weighted by molar-refractivity contribution is 5.96. The first-order chi connectivity index (χ1) is 17.8. The van der Waals surface area contributed by atoms with E-state index in [1.54, 1.807) is 51.6 Å². The quantitative estimate of drug-likeness (QED) is 0.308. The van der Waals surface area contributed by atoms with Crippen LogP contribution in [0, 0.1) is 0 Å². The van der Waals surface area contributed by atoms with E-state index in [4.69, 9.17) is 9.47 Å². The average Bonchev–Trinajstić information content (AvgIpc) is 3.41. The number of rotatable bonds is 8. The Labute approximate surface area is 217 Å². The minimum Gasteiger partial charge on any atom is -0.477 e. The maximum atomic E-state index is 12.8. The molecule has 0 saturated heterocycles. The first-order valence-corrected chi connectivity index (χ1v) is 11.8. The van der Waals surface area contributed by atoms with Crippen LogP contribution in [0.25, 0.3) is 16.7 Å². The van der Waals surface area contributed by atoms with Gasteiger partial charge >= 0.3 is 12.1 Å². The molecule has 0 saturated carbocycles. The van der Waals surface area contributed by atoms with E-state index in [0.29, 0.717) is 16.7 Å². The minimum atomic E-state index is -1.22. The van der Waals surface area contributed by atoms with Crippen LogP contribution in [0.3, 0.4) is 0 Å². The van der Waals surface area contributed by atoms with E-state index in [2.05, 4.69) is 25.7 Å². The Kier molecular flexibility index (Phi) is 7.20. The number of carboxylic acids is 1. The van der Waals surface area contributed by atoms with Crippen LogP contribution in [0.4, 0.5) is 22.1 Å². The number of hydrogen-bond acceptors (Lipinski definition) is 10. The predicted octanol–water partition coefficient (Wildman–Crippen LogP) is 2.72. The van der Waals surface area contributed by atoms with Gasteiger partial charge in [0.2, 0.25) is 0 Å². The number of nitrogens with one attached hydrogen (secondary N) is 1. The highest BCUT2D eigenvalue weighted by Crippen LogP contribution is 2.29. The standard InChI is InChI=1S/C24H30N8O6/c1-13(33)11-37-12-14-7-16(20-17(8-14)31(6)29-28-20)26-18-9-19(30(5)23(36)38-24(2,3)4)32-21(27-18)15(10-25-32)22(34)35/h7-10,13,33H,11-12H2,1-6H3,(H,26,27)(H,34,35). The SMILES string of the molecule is CC(O)COCc1cc(Nc2cc(N(C)C(=O)OC(C)(C)C)n3ncc(C(=O)O)c3n2)c2nnn(C)c2c1. The van der Waals surface area contributed by atoms with Crippen molar-refractivity contribution in [2.75, 3.05) is 23.9 Å². The number of nitrogens with zero attached hydrogens (tertiary/aromatic N) is 7. The second-order valence-corrected chi connectivity index (χ2v) is 9.85. The van der Waals surface area contributed by atoms with Gasteiger partial charge in [0.05, 0.1) is 36.7 Å². The summed E-state index contributed by atoms with van der Waals surface area (Å²) < 4.78 is 13.9. The largest absolute Gasteiger partial charge is 0.477 e. The lowest BCUT2D eigenvalue weighted by Crippen LogP contribution is -2.35. The molecule has 14 heteroatoms. The molecule has 0 fully saturated rings. The third-order valence-electron chi connectivity index (χ3n) is 5.36. The molecule has 14 nitrogen and oxygen atoms in total. The zero-order valence-electron chi connectivity index (χ0n) is 22.0. The van der Waals surface area contributed by atoms with E-state index in [1.165, 1.54) is 22.7 Å². The van der Waals surface area contributed by atoms with Gasteiger partial charge in [-0.3, -0.25) is 4.90 Å². The van der Waals surface area contributed by atoms with Gasteiger partial charge in [-0.1, -0.05) is 5.21 Å². The lowest BCUT2D eigenvalue weighted by molar-refractivity contribution is 0.0376. The number of ether oxygens (including phenoxy) is 2. The summed E-state index contributed by atoms with van der Waals surface area (Å²) in [5.41, 5.74) is 1.72. The summed E-state index contributed by atoms with van der Waals surface area (Å²) in [6, 6.07) is 5.23. The van der Waals surface area contributed by atoms with Crippen LogP contribution < -0.4 is 10.2 Å². The third-order valence-corrected chi connectivity index (χ3v) is 5.36. The van der Waals surface area contributed by atoms with Crippen LogP contribution in [0.2, 0.25) is 0 Å². The molecule has 0 radical (unpaired) electrons. The molecule has 4 aromatic rings. The molecule has 3 heterocycles. The van der Waals surface area contributed by atoms with Gasteiger partial charge in [-0.05, 0) is 45.4 Å². The Morgan fingerprint density at radius 1 is 1.24 bits per heavy atom. The summed E-state index contributed by atoms with van der Waals surface area (Å²) in [7, 11) is 3.25. The van der Waals surface area contributed by atoms with Crippen molar-refractivity contribution in [3.63, 3.8) is 0 Å². The van der Waals surface area contributed by atoms with Crippen LogP contribution in [0.1, 0.15) is 43.6 Å². The van der Waals surface area contributed by atoms with Gasteiger partial charge in [0.1, 0.15) is 28.3 Å². The van der Waals surface area contributed by atoms with E-state index < -0.39 is 23.8 Å². The lowest BCUT2D eigenvalue weighted by atomic mass is 10.1. The lowest BCUT2D eigenvalue weighted by Gasteiger charge is -2.25. The fraction of sp³-hybridized carbons (Fsp3) is 0.417. The molecular formula is C24H30N8O6. The number of aromatic carboxylic acids is 1. The third kappa shape index (κ3) is 5.65. The number of carbonyl (C=O) groups is 2. The molecule has 202 valence electrons. The Hall–Kier alpha value is -4.30. The summed E-state index contributed by atoms with van der Waals surface area (Å²) in [6.45, 7) is 7.27. The van der Waals surface area contributed by atoms with Crippen LogP contribution >= 0.6 is 0 Å². The first kappa shape index (κ1) is 26.8. The van der Waals surface area contributed by atoms with Crippen molar-refractivity contribution in [1.82, 2.24) is 29.6 Å². The van der Waals surface area contributed by atoms with Gasteiger partial charge in [-0.2, -0.15) is 9.61 Å².